The van der Waals surface area contributed by atoms with E-state index in [1.54, 1.807) is 0 Å². The Labute approximate surface area is 96.4 Å². The van der Waals surface area contributed by atoms with Crippen molar-refractivity contribution >= 4 is 23.5 Å². The van der Waals surface area contributed by atoms with Crippen LogP contribution in [0.4, 0.5) is 0 Å². The summed E-state index contributed by atoms with van der Waals surface area (Å²) in [4.78, 5) is 0. The van der Waals surface area contributed by atoms with E-state index in [9.17, 15) is 5.11 Å². The highest BCUT2D eigenvalue weighted by Gasteiger charge is 2.22. The molecule has 1 aliphatic rings. The lowest BCUT2D eigenvalue weighted by atomic mass is 10.0. The van der Waals surface area contributed by atoms with Crippen LogP contribution in [0, 0.1) is 5.92 Å². The SMILES string of the molecule is CC(C)CCCC(O)C1CSCCS1. The molecule has 0 aromatic heterocycles. The topological polar surface area (TPSA) is 20.2 Å². The molecule has 0 spiro atoms. The van der Waals surface area contributed by atoms with Gasteiger partial charge in [0.25, 0.3) is 0 Å². The Morgan fingerprint density at radius 1 is 1.29 bits per heavy atom. The van der Waals surface area contributed by atoms with Crippen molar-refractivity contribution in [1.82, 2.24) is 0 Å². The summed E-state index contributed by atoms with van der Waals surface area (Å²) in [6, 6.07) is 0. The van der Waals surface area contributed by atoms with Crippen LogP contribution in [0.1, 0.15) is 33.1 Å². The van der Waals surface area contributed by atoms with Gasteiger partial charge in [-0.05, 0) is 12.3 Å². The molecular formula is C11H22OS2. The van der Waals surface area contributed by atoms with Gasteiger partial charge in [-0.15, -0.1) is 0 Å². The quantitative estimate of drug-likeness (QED) is 0.789. The van der Waals surface area contributed by atoms with Gasteiger partial charge in [0.1, 0.15) is 0 Å². The van der Waals surface area contributed by atoms with Crippen LogP contribution in [0.5, 0.6) is 0 Å². The minimum absolute atomic E-state index is 0.0634. The molecule has 1 nitrogen and oxygen atoms in total. The summed E-state index contributed by atoms with van der Waals surface area (Å²) in [6.07, 6.45) is 3.37. The maximum Gasteiger partial charge on any atom is 0.0666 e. The number of thioether (sulfide) groups is 2. The molecule has 1 fully saturated rings. The van der Waals surface area contributed by atoms with Gasteiger partial charge in [0.15, 0.2) is 0 Å². The Balaban J connectivity index is 2.10. The molecule has 2 atom stereocenters. The molecule has 1 saturated heterocycles. The standard InChI is InChI=1S/C11H22OS2/c1-9(2)4-3-5-10(12)11-8-13-6-7-14-11/h9-12H,3-8H2,1-2H3. The fourth-order valence-electron chi connectivity index (χ4n) is 1.65. The Morgan fingerprint density at radius 3 is 2.64 bits per heavy atom. The van der Waals surface area contributed by atoms with E-state index in [1.807, 2.05) is 23.5 Å². The third kappa shape index (κ3) is 4.94. The van der Waals surface area contributed by atoms with Crippen LogP contribution in [0.3, 0.4) is 0 Å². The van der Waals surface area contributed by atoms with Gasteiger partial charge in [-0.25, -0.2) is 0 Å². The number of hydrogen-bond acceptors (Lipinski definition) is 3. The van der Waals surface area contributed by atoms with E-state index in [1.165, 1.54) is 24.3 Å². The van der Waals surface area contributed by atoms with E-state index < -0.39 is 0 Å². The average molecular weight is 234 g/mol. The summed E-state index contributed by atoms with van der Waals surface area (Å²) >= 11 is 3.95. The lowest BCUT2D eigenvalue weighted by Gasteiger charge is -2.25. The second kappa shape index (κ2) is 7.02. The van der Waals surface area contributed by atoms with E-state index in [0.717, 1.165) is 18.1 Å². The van der Waals surface area contributed by atoms with Crippen molar-refractivity contribution in [2.24, 2.45) is 5.92 Å². The average Bonchev–Trinajstić information content (AvgIpc) is 2.18. The molecule has 0 aromatic carbocycles. The highest BCUT2D eigenvalue weighted by molar-refractivity contribution is 8.06. The van der Waals surface area contributed by atoms with Gasteiger partial charge < -0.3 is 5.11 Å². The van der Waals surface area contributed by atoms with E-state index >= 15 is 0 Å². The number of rotatable bonds is 5. The van der Waals surface area contributed by atoms with Crippen molar-refractivity contribution in [2.45, 2.75) is 44.5 Å². The lowest BCUT2D eigenvalue weighted by molar-refractivity contribution is 0.161. The number of hydrogen-bond donors (Lipinski definition) is 1. The Morgan fingerprint density at radius 2 is 2.07 bits per heavy atom. The van der Waals surface area contributed by atoms with Crippen molar-refractivity contribution in [3.63, 3.8) is 0 Å². The fraction of sp³-hybridized carbons (Fsp3) is 1.00. The summed E-state index contributed by atoms with van der Waals surface area (Å²) in [6.45, 7) is 4.50. The van der Waals surface area contributed by atoms with Crippen molar-refractivity contribution in [1.29, 1.82) is 0 Å². The summed E-state index contributed by atoms with van der Waals surface area (Å²) in [5, 5.41) is 10.5. The highest BCUT2D eigenvalue weighted by atomic mass is 32.2. The molecule has 0 radical (unpaired) electrons. The zero-order chi connectivity index (χ0) is 10.4. The van der Waals surface area contributed by atoms with Gasteiger partial charge in [-0.1, -0.05) is 26.7 Å². The smallest absolute Gasteiger partial charge is 0.0666 e. The van der Waals surface area contributed by atoms with E-state index in [2.05, 4.69) is 13.8 Å². The molecule has 0 aliphatic carbocycles. The van der Waals surface area contributed by atoms with Crippen LogP contribution in [0.15, 0.2) is 0 Å². The summed E-state index contributed by atoms with van der Waals surface area (Å²) in [5.74, 6) is 4.40. The van der Waals surface area contributed by atoms with Gasteiger partial charge in [0.05, 0.1) is 6.10 Å². The van der Waals surface area contributed by atoms with Gasteiger partial charge in [-0.3, -0.25) is 0 Å². The third-order valence-corrected chi connectivity index (χ3v) is 5.46. The summed E-state index contributed by atoms with van der Waals surface area (Å²) < 4.78 is 0. The largest absolute Gasteiger partial charge is 0.392 e. The number of aliphatic hydroxyl groups excluding tert-OH is 1. The summed E-state index contributed by atoms with van der Waals surface area (Å²) in [5.41, 5.74) is 0. The van der Waals surface area contributed by atoms with Gasteiger partial charge in [0.2, 0.25) is 0 Å². The van der Waals surface area contributed by atoms with Gasteiger partial charge >= 0.3 is 0 Å². The molecule has 1 aliphatic heterocycles. The minimum Gasteiger partial charge on any atom is -0.392 e. The first-order valence-corrected chi connectivity index (χ1v) is 7.78. The monoisotopic (exact) mass is 234 g/mol. The van der Waals surface area contributed by atoms with Crippen molar-refractivity contribution in [3.8, 4) is 0 Å². The zero-order valence-corrected chi connectivity index (χ0v) is 10.9. The molecule has 3 heteroatoms. The molecule has 1 rings (SSSR count). The van der Waals surface area contributed by atoms with Crippen molar-refractivity contribution in [3.05, 3.63) is 0 Å². The van der Waals surface area contributed by atoms with Crippen LogP contribution >= 0.6 is 23.5 Å². The van der Waals surface area contributed by atoms with Crippen LogP contribution in [-0.2, 0) is 0 Å². The maximum atomic E-state index is 9.95. The first-order valence-electron chi connectivity index (χ1n) is 5.57. The fourth-order valence-corrected chi connectivity index (χ4v) is 4.46. The first kappa shape index (κ1) is 12.7. The van der Waals surface area contributed by atoms with Crippen LogP contribution in [0.25, 0.3) is 0 Å². The second-order valence-electron chi connectivity index (χ2n) is 4.38. The third-order valence-electron chi connectivity index (χ3n) is 2.55. The molecular weight excluding hydrogens is 212 g/mol. The molecule has 84 valence electrons. The minimum atomic E-state index is -0.0634. The Kier molecular flexibility index (Phi) is 6.38. The normalized spacial score (nSPS) is 25.3. The van der Waals surface area contributed by atoms with E-state index in [0.29, 0.717) is 5.25 Å². The lowest BCUT2D eigenvalue weighted by Crippen LogP contribution is -2.28. The predicted octanol–water partition coefficient (Wildman–Crippen LogP) is 3.02. The first-order chi connectivity index (χ1) is 6.70. The molecule has 0 aromatic rings. The van der Waals surface area contributed by atoms with Crippen LogP contribution < -0.4 is 0 Å². The molecule has 1 heterocycles. The molecule has 2 unspecified atom stereocenters. The van der Waals surface area contributed by atoms with Gasteiger partial charge in [0, 0.05) is 22.5 Å². The second-order valence-corrected chi connectivity index (χ2v) is 6.87. The van der Waals surface area contributed by atoms with Gasteiger partial charge in [-0.2, -0.15) is 23.5 Å². The van der Waals surface area contributed by atoms with Crippen LogP contribution in [-0.4, -0.2) is 33.7 Å². The van der Waals surface area contributed by atoms with E-state index in [4.69, 9.17) is 0 Å². The molecule has 0 amide bonds. The maximum absolute atomic E-state index is 9.95. The highest BCUT2D eigenvalue weighted by Crippen LogP contribution is 2.28. The van der Waals surface area contributed by atoms with E-state index in [-0.39, 0.29) is 6.10 Å². The molecule has 0 saturated carbocycles. The van der Waals surface area contributed by atoms with Crippen molar-refractivity contribution in [2.75, 3.05) is 17.3 Å². The Bertz CT molecular complexity index is 144. The van der Waals surface area contributed by atoms with Crippen molar-refractivity contribution < 1.29 is 5.11 Å². The molecule has 0 bridgehead atoms. The van der Waals surface area contributed by atoms with Crippen LogP contribution in [0.2, 0.25) is 0 Å². The summed E-state index contributed by atoms with van der Waals surface area (Å²) in [7, 11) is 0. The predicted molar refractivity (Wildman–Crippen MR) is 68.3 cm³/mol. The molecule has 14 heavy (non-hydrogen) atoms. The number of aliphatic hydroxyl groups is 1. The zero-order valence-electron chi connectivity index (χ0n) is 9.24. The molecule has 1 N–H and O–H groups in total. The Hall–Kier alpha value is 0.660.